The van der Waals surface area contributed by atoms with Gasteiger partial charge in [-0.05, 0) is 64.9 Å². The predicted molar refractivity (Wildman–Crippen MR) is 112 cm³/mol. The third-order valence-electron chi connectivity index (χ3n) is 4.63. The van der Waals surface area contributed by atoms with Gasteiger partial charge in [-0.2, -0.15) is 0 Å². The molecule has 1 heterocycles. The number of amides is 2. The Morgan fingerprint density at radius 2 is 1.42 bits per heavy atom. The molecule has 1 aliphatic heterocycles. The van der Waals surface area contributed by atoms with Gasteiger partial charge in [0.25, 0.3) is 11.8 Å². The van der Waals surface area contributed by atoms with Gasteiger partial charge >= 0.3 is 0 Å². The summed E-state index contributed by atoms with van der Waals surface area (Å²) in [5.74, 6) is 0.0137. The second-order valence-corrected chi connectivity index (χ2v) is 7.83. The normalized spacial score (nSPS) is 14.4. The first-order chi connectivity index (χ1) is 12.5. The lowest BCUT2D eigenvalue weighted by Gasteiger charge is -2.35. The lowest BCUT2D eigenvalue weighted by molar-refractivity contribution is 0.0535. The van der Waals surface area contributed by atoms with Crippen molar-refractivity contribution in [3.05, 3.63) is 67.7 Å². The quantitative estimate of drug-likeness (QED) is 0.618. The van der Waals surface area contributed by atoms with Crippen LogP contribution in [0, 0.1) is 3.57 Å². The molecule has 0 atom stereocenters. The largest absolute Gasteiger partial charge is 0.335 e. The van der Waals surface area contributed by atoms with Crippen molar-refractivity contribution in [3.63, 3.8) is 0 Å². The standard InChI is InChI=1S/C20H20ClIN2O2/c1-2-14-3-5-15(6-4-14)19(25)23-9-11-24(12-10-23)20(26)16-7-8-17(21)18(22)13-16/h3-8,13H,2,9-12H2,1H3. The van der Waals surface area contributed by atoms with Crippen molar-refractivity contribution in [2.45, 2.75) is 13.3 Å². The van der Waals surface area contributed by atoms with Crippen LogP contribution >= 0.6 is 34.2 Å². The van der Waals surface area contributed by atoms with Gasteiger partial charge in [-0.3, -0.25) is 9.59 Å². The fourth-order valence-electron chi connectivity index (χ4n) is 2.99. The molecule has 0 bridgehead atoms. The average Bonchev–Trinajstić information content (AvgIpc) is 2.69. The van der Waals surface area contributed by atoms with Crippen molar-refractivity contribution in [1.82, 2.24) is 9.80 Å². The Bertz CT molecular complexity index is 815. The first-order valence-corrected chi connectivity index (χ1v) is 10.1. The van der Waals surface area contributed by atoms with Gasteiger partial charge in [0.2, 0.25) is 0 Å². The number of rotatable bonds is 3. The van der Waals surface area contributed by atoms with Crippen molar-refractivity contribution >= 4 is 46.0 Å². The zero-order valence-corrected chi connectivity index (χ0v) is 17.5. The fraction of sp³-hybridized carbons (Fsp3) is 0.300. The molecule has 0 aliphatic carbocycles. The molecule has 3 rings (SSSR count). The summed E-state index contributed by atoms with van der Waals surface area (Å²) in [4.78, 5) is 28.9. The van der Waals surface area contributed by atoms with E-state index in [1.54, 1.807) is 23.1 Å². The van der Waals surface area contributed by atoms with Crippen molar-refractivity contribution in [2.24, 2.45) is 0 Å². The van der Waals surface area contributed by atoms with E-state index in [1.165, 1.54) is 5.56 Å². The third-order valence-corrected chi connectivity index (χ3v) is 6.17. The topological polar surface area (TPSA) is 40.6 Å². The molecule has 1 saturated heterocycles. The lowest BCUT2D eigenvalue weighted by Crippen LogP contribution is -2.50. The fourth-order valence-corrected chi connectivity index (χ4v) is 3.62. The molecule has 2 aromatic rings. The van der Waals surface area contributed by atoms with Crippen LogP contribution in [0.25, 0.3) is 0 Å². The van der Waals surface area contributed by atoms with Gasteiger partial charge in [0.1, 0.15) is 0 Å². The number of hydrogen-bond donors (Lipinski definition) is 0. The van der Waals surface area contributed by atoms with Crippen LogP contribution in [0.5, 0.6) is 0 Å². The SMILES string of the molecule is CCc1ccc(C(=O)N2CCN(C(=O)c3ccc(Cl)c(I)c3)CC2)cc1. The molecule has 0 unspecified atom stereocenters. The second-order valence-electron chi connectivity index (χ2n) is 6.26. The highest BCUT2D eigenvalue weighted by molar-refractivity contribution is 14.1. The van der Waals surface area contributed by atoms with E-state index in [-0.39, 0.29) is 11.8 Å². The van der Waals surface area contributed by atoms with Gasteiger partial charge < -0.3 is 9.80 Å². The molecule has 1 aliphatic rings. The summed E-state index contributed by atoms with van der Waals surface area (Å²) in [7, 11) is 0. The number of carbonyl (C=O) groups excluding carboxylic acids is 2. The van der Waals surface area contributed by atoms with E-state index in [0.717, 1.165) is 9.99 Å². The highest BCUT2D eigenvalue weighted by Gasteiger charge is 2.25. The number of benzene rings is 2. The molecular weight excluding hydrogens is 463 g/mol. The maximum atomic E-state index is 12.7. The zero-order chi connectivity index (χ0) is 18.7. The molecule has 0 radical (unpaired) electrons. The second kappa shape index (κ2) is 8.39. The number of nitrogens with zero attached hydrogens (tertiary/aromatic N) is 2. The molecule has 1 fully saturated rings. The van der Waals surface area contributed by atoms with Gasteiger partial charge in [-0.25, -0.2) is 0 Å². The maximum absolute atomic E-state index is 12.7. The summed E-state index contributed by atoms with van der Waals surface area (Å²) in [5, 5.41) is 0.645. The molecule has 0 aromatic heterocycles. The molecule has 2 amide bonds. The van der Waals surface area contributed by atoms with Gasteiger partial charge in [-0.15, -0.1) is 0 Å². The van der Waals surface area contributed by atoms with Gasteiger partial charge in [0.05, 0.1) is 5.02 Å². The average molecular weight is 483 g/mol. The summed E-state index contributed by atoms with van der Waals surface area (Å²) >= 11 is 8.15. The van der Waals surface area contributed by atoms with Gasteiger partial charge in [0, 0.05) is 40.9 Å². The minimum atomic E-state index is -0.0148. The lowest BCUT2D eigenvalue weighted by atomic mass is 10.1. The summed E-state index contributed by atoms with van der Waals surface area (Å²) in [5.41, 5.74) is 2.55. The Kier molecular flexibility index (Phi) is 6.19. The molecule has 4 nitrogen and oxygen atoms in total. The van der Waals surface area contributed by atoms with Crippen LogP contribution < -0.4 is 0 Å². The third kappa shape index (κ3) is 4.20. The van der Waals surface area contributed by atoms with Crippen LogP contribution in [-0.4, -0.2) is 47.8 Å². The molecular formula is C20H20ClIN2O2. The Morgan fingerprint density at radius 1 is 0.923 bits per heavy atom. The van der Waals surface area contributed by atoms with Gasteiger partial charge in [-0.1, -0.05) is 30.7 Å². The van der Waals surface area contributed by atoms with E-state index < -0.39 is 0 Å². The molecule has 26 heavy (non-hydrogen) atoms. The minimum absolute atomic E-state index is 0.0148. The van der Waals surface area contributed by atoms with Crippen molar-refractivity contribution in [2.75, 3.05) is 26.2 Å². The smallest absolute Gasteiger partial charge is 0.254 e. The number of aryl methyl sites for hydroxylation is 1. The van der Waals surface area contributed by atoms with E-state index in [2.05, 4.69) is 29.5 Å². The van der Waals surface area contributed by atoms with Crippen molar-refractivity contribution < 1.29 is 9.59 Å². The molecule has 136 valence electrons. The summed E-state index contributed by atoms with van der Waals surface area (Å²) < 4.78 is 0.861. The van der Waals surface area contributed by atoms with E-state index in [0.29, 0.717) is 42.3 Å². The van der Waals surface area contributed by atoms with Crippen molar-refractivity contribution in [3.8, 4) is 0 Å². The van der Waals surface area contributed by atoms with Crippen LogP contribution in [0.15, 0.2) is 42.5 Å². The number of halogens is 2. The maximum Gasteiger partial charge on any atom is 0.254 e. The molecule has 6 heteroatoms. The van der Waals surface area contributed by atoms with E-state index in [9.17, 15) is 9.59 Å². The number of carbonyl (C=O) groups is 2. The van der Waals surface area contributed by atoms with Crippen molar-refractivity contribution in [1.29, 1.82) is 0 Å². The van der Waals surface area contributed by atoms with Crippen LogP contribution in [0.2, 0.25) is 5.02 Å². The van der Waals surface area contributed by atoms with E-state index in [1.807, 2.05) is 29.2 Å². The van der Waals surface area contributed by atoms with Gasteiger partial charge in [0.15, 0.2) is 0 Å². The first-order valence-electron chi connectivity index (χ1n) is 8.62. The highest BCUT2D eigenvalue weighted by atomic mass is 127. The summed E-state index contributed by atoms with van der Waals surface area (Å²) in [6.45, 7) is 4.26. The zero-order valence-electron chi connectivity index (χ0n) is 14.5. The van der Waals surface area contributed by atoms with Crippen LogP contribution in [0.4, 0.5) is 0 Å². The van der Waals surface area contributed by atoms with Crippen LogP contribution in [-0.2, 0) is 6.42 Å². The van der Waals surface area contributed by atoms with Crippen LogP contribution in [0.1, 0.15) is 33.2 Å². The molecule has 0 spiro atoms. The molecule has 2 aromatic carbocycles. The summed E-state index contributed by atoms with van der Waals surface area (Å²) in [6, 6.07) is 13.1. The predicted octanol–water partition coefficient (Wildman–Crippen LogP) is 4.11. The first kappa shape index (κ1) is 19.2. The Labute approximate surface area is 172 Å². The van der Waals surface area contributed by atoms with E-state index >= 15 is 0 Å². The summed E-state index contributed by atoms with van der Waals surface area (Å²) in [6.07, 6.45) is 0.957. The highest BCUT2D eigenvalue weighted by Crippen LogP contribution is 2.21. The number of piperazine rings is 1. The Morgan fingerprint density at radius 3 is 1.92 bits per heavy atom. The minimum Gasteiger partial charge on any atom is -0.335 e. The Balaban J connectivity index is 1.61. The Hall–Kier alpha value is -1.60. The number of hydrogen-bond acceptors (Lipinski definition) is 2. The molecule has 0 saturated carbocycles. The molecule has 0 N–H and O–H groups in total. The van der Waals surface area contributed by atoms with E-state index in [4.69, 9.17) is 11.6 Å². The van der Waals surface area contributed by atoms with Crippen LogP contribution in [0.3, 0.4) is 0 Å². The monoisotopic (exact) mass is 482 g/mol.